The minimum atomic E-state index is -3.48. The van der Waals surface area contributed by atoms with Crippen LogP contribution >= 0.6 is 0 Å². The molecule has 1 spiro atoms. The van der Waals surface area contributed by atoms with Crippen LogP contribution in [-0.2, 0) is 21.2 Å². The fourth-order valence-electron chi connectivity index (χ4n) is 4.65. The molecule has 2 atom stereocenters. The zero-order valence-corrected chi connectivity index (χ0v) is 18.1. The predicted octanol–water partition coefficient (Wildman–Crippen LogP) is 2.19. The summed E-state index contributed by atoms with van der Waals surface area (Å²) in [5.74, 6) is -0.119. The van der Waals surface area contributed by atoms with Crippen molar-refractivity contribution in [3.05, 3.63) is 59.7 Å². The van der Waals surface area contributed by atoms with Gasteiger partial charge in [0.15, 0.2) is 0 Å². The van der Waals surface area contributed by atoms with Gasteiger partial charge in [-0.05, 0) is 56.0 Å². The smallest absolute Gasteiger partial charge is 0.220 e. The Bertz CT molecular complexity index is 1010. The Morgan fingerprint density at radius 1 is 1.20 bits per heavy atom. The molecule has 1 amide bonds. The second kappa shape index (κ2) is 8.43. The Morgan fingerprint density at radius 2 is 2.00 bits per heavy atom. The summed E-state index contributed by atoms with van der Waals surface area (Å²) in [5.41, 5.74) is 2.09. The van der Waals surface area contributed by atoms with Gasteiger partial charge in [-0.25, -0.2) is 8.42 Å². The van der Waals surface area contributed by atoms with Crippen LogP contribution in [0.25, 0.3) is 0 Å². The van der Waals surface area contributed by atoms with Crippen LogP contribution < -0.4 is 5.32 Å². The summed E-state index contributed by atoms with van der Waals surface area (Å²) in [7, 11) is -3.48. The fraction of sp³-hybridized carbons (Fsp3) is 0.500. The third-order valence-electron chi connectivity index (χ3n) is 6.24. The third kappa shape index (κ3) is 4.39. The molecule has 0 unspecified atom stereocenters. The molecule has 0 saturated carbocycles. The lowest BCUT2D eigenvalue weighted by molar-refractivity contribution is -0.122. The van der Waals surface area contributed by atoms with Crippen LogP contribution in [0.15, 0.2) is 42.7 Å². The van der Waals surface area contributed by atoms with Crippen LogP contribution in [0, 0.1) is 6.92 Å². The molecule has 160 valence electrons. The molecule has 2 aliphatic rings. The van der Waals surface area contributed by atoms with E-state index in [9.17, 15) is 13.2 Å². The normalized spacial score (nSPS) is 25.2. The minimum Gasteiger partial charge on any atom is -0.349 e. The number of sulfonamides is 1. The van der Waals surface area contributed by atoms with Crippen molar-refractivity contribution in [2.45, 2.75) is 50.5 Å². The first kappa shape index (κ1) is 20.9. The molecule has 2 fully saturated rings. The molecular formula is C22H28N4O3S. The monoisotopic (exact) mass is 428 g/mol. The van der Waals surface area contributed by atoms with Crippen LogP contribution in [-0.4, -0.2) is 53.0 Å². The van der Waals surface area contributed by atoms with Gasteiger partial charge in [0.05, 0.1) is 11.3 Å². The largest absolute Gasteiger partial charge is 0.349 e. The zero-order chi connectivity index (χ0) is 21.2. The molecule has 0 radical (unpaired) electrons. The highest BCUT2D eigenvalue weighted by Crippen LogP contribution is 2.41. The van der Waals surface area contributed by atoms with Gasteiger partial charge < -0.3 is 5.32 Å². The van der Waals surface area contributed by atoms with Crippen LogP contribution in [0.2, 0.25) is 0 Å². The Balaban J connectivity index is 1.62. The molecule has 1 N–H and O–H groups in total. The van der Waals surface area contributed by atoms with E-state index in [-0.39, 0.29) is 17.6 Å². The quantitative estimate of drug-likeness (QED) is 0.788. The highest BCUT2D eigenvalue weighted by Gasteiger charge is 2.52. The number of nitrogens with one attached hydrogen (secondary N) is 1. The van der Waals surface area contributed by atoms with E-state index in [1.165, 1.54) is 0 Å². The SMILES string of the molecule is Cc1cccc([C@@H]2CN(S(=O)(=O)CCc3ccncc3)C[C@]23CCCCC(=O)N3)n1. The average molecular weight is 429 g/mol. The summed E-state index contributed by atoms with van der Waals surface area (Å²) in [6.07, 6.45) is 6.76. The lowest BCUT2D eigenvalue weighted by Gasteiger charge is -2.34. The topological polar surface area (TPSA) is 92.3 Å². The molecule has 30 heavy (non-hydrogen) atoms. The Labute approximate surface area is 178 Å². The molecule has 0 aromatic carbocycles. The second-order valence-corrected chi connectivity index (χ2v) is 10.5. The molecule has 0 bridgehead atoms. The summed E-state index contributed by atoms with van der Waals surface area (Å²) in [6.45, 7) is 2.58. The van der Waals surface area contributed by atoms with E-state index >= 15 is 0 Å². The lowest BCUT2D eigenvalue weighted by atomic mass is 9.81. The lowest BCUT2D eigenvalue weighted by Crippen LogP contribution is -2.53. The van der Waals surface area contributed by atoms with Gasteiger partial charge >= 0.3 is 0 Å². The van der Waals surface area contributed by atoms with E-state index in [1.54, 1.807) is 16.7 Å². The first-order valence-corrected chi connectivity index (χ1v) is 12.1. The zero-order valence-electron chi connectivity index (χ0n) is 17.3. The summed E-state index contributed by atoms with van der Waals surface area (Å²) >= 11 is 0. The van der Waals surface area contributed by atoms with Crippen molar-refractivity contribution in [1.82, 2.24) is 19.6 Å². The van der Waals surface area contributed by atoms with Gasteiger partial charge in [-0.2, -0.15) is 4.31 Å². The first-order chi connectivity index (χ1) is 14.4. The molecule has 7 nitrogen and oxygen atoms in total. The van der Waals surface area contributed by atoms with Crippen LogP contribution in [0.3, 0.4) is 0 Å². The van der Waals surface area contributed by atoms with E-state index < -0.39 is 15.6 Å². The van der Waals surface area contributed by atoms with E-state index in [2.05, 4.69) is 10.3 Å². The highest BCUT2D eigenvalue weighted by molar-refractivity contribution is 7.89. The van der Waals surface area contributed by atoms with E-state index in [4.69, 9.17) is 4.98 Å². The average Bonchev–Trinajstić information content (AvgIpc) is 3.00. The predicted molar refractivity (Wildman–Crippen MR) is 114 cm³/mol. The van der Waals surface area contributed by atoms with Gasteiger partial charge in [0, 0.05) is 49.2 Å². The Morgan fingerprint density at radius 3 is 2.77 bits per heavy atom. The summed E-state index contributed by atoms with van der Waals surface area (Å²) in [4.78, 5) is 21.1. The van der Waals surface area contributed by atoms with Crippen molar-refractivity contribution in [3.63, 3.8) is 0 Å². The molecule has 2 aromatic rings. The Hall–Kier alpha value is -2.32. The molecule has 2 aromatic heterocycles. The van der Waals surface area contributed by atoms with E-state index in [1.807, 2.05) is 37.3 Å². The van der Waals surface area contributed by atoms with Gasteiger partial charge in [0.25, 0.3) is 0 Å². The molecule has 8 heteroatoms. The van der Waals surface area contributed by atoms with Crippen molar-refractivity contribution < 1.29 is 13.2 Å². The number of hydrogen-bond donors (Lipinski definition) is 1. The molecule has 0 aliphatic carbocycles. The van der Waals surface area contributed by atoms with Crippen molar-refractivity contribution in [3.8, 4) is 0 Å². The van der Waals surface area contributed by atoms with Gasteiger partial charge in [-0.3, -0.25) is 14.8 Å². The van der Waals surface area contributed by atoms with Crippen LogP contribution in [0.4, 0.5) is 0 Å². The molecule has 2 aliphatic heterocycles. The number of carbonyl (C=O) groups is 1. The van der Waals surface area contributed by atoms with Gasteiger partial charge in [0.1, 0.15) is 0 Å². The first-order valence-electron chi connectivity index (χ1n) is 10.5. The standard InChI is InChI=1S/C22H28N4O3S/c1-17-5-4-6-20(24-17)19-15-26(16-22(19)11-3-2-7-21(27)25-22)30(28,29)14-10-18-8-12-23-13-9-18/h4-6,8-9,12-13,19H,2-3,7,10-11,14-16H2,1H3,(H,25,27)/t19-,22+/m0/s1. The molecule has 4 rings (SSSR count). The summed E-state index contributed by atoms with van der Waals surface area (Å²) in [6, 6.07) is 9.51. The molecule has 4 heterocycles. The van der Waals surface area contributed by atoms with Crippen LogP contribution in [0.1, 0.15) is 48.6 Å². The maximum Gasteiger partial charge on any atom is 0.220 e. The van der Waals surface area contributed by atoms with Crippen molar-refractivity contribution in [1.29, 1.82) is 0 Å². The number of amides is 1. The maximum atomic E-state index is 13.2. The maximum absolute atomic E-state index is 13.2. The number of nitrogens with zero attached hydrogens (tertiary/aromatic N) is 3. The number of rotatable bonds is 5. The van der Waals surface area contributed by atoms with Gasteiger partial charge in [-0.1, -0.05) is 12.5 Å². The number of aryl methyl sites for hydroxylation is 2. The van der Waals surface area contributed by atoms with Gasteiger partial charge in [0.2, 0.25) is 15.9 Å². The number of pyridine rings is 2. The highest BCUT2D eigenvalue weighted by atomic mass is 32.2. The summed E-state index contributed by atoms with van der Waals surface area (Å²) in [5, 5.41) is 3.20. The Kier molecular flexibility index (Phi) is 5.88. The van der Waals surface area contributed by atoms with Crippen molar-refractivity contribution in [2.75, 3.05) is 18.8 Å². The fourth-order valence-corrected chi connectivity index (χ4v) is 6.20. The van der Waals surface area contributed by atoms with Gasteiger partial charge in [-0.15, -0.1) is 0 Å². The van der Waals surface area contributed by atoms with E-state index in [0.29, 0.717) is 25.9 Å². The number of aromatic nitrogens is 2. The molecule has 2 saturated heterocycles. The van der Waals surface area contributed by atoms with Crippen molar-refractivity contribution >= 4 is 15.9 Å². The molecular weight excluding hydrogens is 400 g/mol. The third-order valence-corrected chi connectivity index (χ3v) is 8.02. The minimum absolute atomic E-state index is 0.00110. The number of hydrogen-bond acceptors (Lipinski definition) is 5. The van der Waals surface area contributed by atoms with Crippen molar-refractivity contribution in [2.24, 2.45) is 0 Å². The van der Waals surface area contributed by atoms with Crippen LogP contribution in [0.5, 0.6) is 0 Å². The summed E-state index contributed by atoms with van der Waals surface area (Å²) < 4.78 is 28.0. The van der Waals surface area contributed by atoms with E-state index in [0.717, 1.165) is 36.2 Å². The number of carbonyl (C=O) groups excluding carboxylic acids is 1. The second-order valence-electron chi connectivity index (χ2n) is 8.38.